The quantitative estimate of drug-likeness (QED) is 0.105. The van der Waals surface area contributed by atoms with Gasteiger partial charge in [-0.2, -0.15) is 5.26 Å². The molecule has 17 nitrogen and oxygen atoms in total. The van der Waals surface area contributed by atoms with Crippen molar-refractivity contribution in [1.82, 2.24) is 31.5 Å². The molecule has 4 bridgehead atoms. The molecule has 0 saturated heterocycles. The van der Waals surface area contributed by atoms with Crippen molar-refractivity contribution in [3.8, 4) is 28.7 Å². The molecular weight excluding hydrogens is 759 g/mol. The molecule has 1 aliphatic heterocycles. The summed E-state index contributed by atoms with van der Waals surface area (Å²) in [7, 11) is 2.85. The SMILES string of the molecule is CNC(=O)CC[C@H](NC(=O)c1ccc(C)cc1C)C(=O)N(C)[C@@H]1C(=O)N[C@@H](C)C(=O)N[C@H](C(=O)NCC#N)Cc2ccc(OCCN)c(c2)-c2cc1ccc2OCCN. The van der Waals surface area contributed by atoms with Gasteiger partial charge in [-0.25, -0.2) is 0 Å². The fraction of sp³-hybridized carbons (Fsp3) is 0.405. The highest BCUT2D eigenvalue weighted by molar-refractivity contribution is 6.00. The third kappa shape index (κ3) is 11.8. The Balaban J connectivity index is 1.90. The second-order valence-electron chi connectivity index (χ2n) is 14.1. The van der Waals surface area contributed by atoms with E-state index >= 15 is 0 Å². The van der Waals surface area contributed by atoms with Gasteiger partial charge >= 0.3 is 0 Å². The Kier molecular flexibility index (Phi) is 16.3. The van der Waals surface area contributed by atoms with E-state index in [-0.39, 0.29) is 58.0 Å². The Hall–Kier alpha value is -6.51. The molecule has 4 atom stereocenters. The average molecular weight is 812 g/mol. The molecule has 3 aromatic rings. The van der Waals surface area contributed by atoms with E-state index in [0.29, 0.717) is 44.9 Å². The van der Waals surface area contributed by atoms with Crippen molar-refractivity contribution in [2.75, 3.05) is 46.9 Å². The number of nitriles is 1. The smallest absolute Gasteiger partial charge is 0.252 e. The highest BCUT2D eigenvalue weighted by Crippen LogP contribution is 2.40. The molecule has 0 aromatic heterocycles. The predicted octanol–water partition coefficient (Wildman–Crippen LogP) is 0.655. The van der Waals surface area contributed by atoms with Crippen molar-refractivity contribution in [3.05, 3.63) is 82.4 Å². The zero-order valence-electron chi connectivity index (χ0n) is 34.0. The van der Waals surface area contributed by atoms with Crippen LogP contribution in [0.3, 0.4) is 0 Å². The summed E-state index contributed by atoms with van der Waals surface area (Å²) >= 11 is 0. The maximum Gasteiger partial charge on any atom is 0.252 e. The number of nitrogens with zero attached hydrogens (tertiary/aromatic N) is 2. The van der Waals surface area contributed by atoms with Crippen LogP contribution in [0.1, 0.15) is 58.4 Å². The second-order valence-corrected chi connectivity index (χ2v) is 14.1. The summed E-state index contributed by atoms with van der Waals surface area (Å²) in [6.45, 7) is 5.43. The van der Waals surface area contributed by atoms with E-state index in [1.165, 1.54) is 21.0 Å². The lowest BCUT2D eigenvalue weighted by molar-refractivity contribution is -0.142. The molecule has 0 aliphatic carbocycles. The van der Waals surface area contributed by atoms with Crippen molar-refractivity contribution in [1.29, 1.82) is 5.26 Å². The second kappa shape index (κ2) is 21.3. The fourth-order valence-corrected chi connectivity index (χ4v) is 6.67. The first-order valence-corrected chi connectivity index (χ1v) is 19.3. The zero-order valence-corrected chi connectivity index (χ0v) is 34.0. The molecule has 0 unspecified atom stereocenters. The van der Waals surface area contributed by atoms with Crippen molar-refractivity contribution in [2.45, 2.75) is 64.2 Å². The fourth-order valence-electron chi connectivity index (χ4n) is 6.67. The standard InChI is InChI=1S/C42H53N9O8/c1-24-6-9-29(25(2)20-24)39(54)49-32(10-13-36(52)46-4)42(57)51(5)37-28-8-12-35(59-19-16-45)31(23-28)30-21-27(7-11-34(30)58-18-15-44)22-33(40(55)47-17-14-43)50-38(53)26(3)48-41(37)56/h6-9,11-12,20-21,23,26,32-33,37H,10,13,15-19,22,44-45H2,1-5H3,(H,46,52)(H,47,55)(H,48,56)(H,49,54)(H,50,53)/t26-,32-,33-,37-/m0/s1. The molecule has 9 N–H and O–H groups in total. The maximum absolute atomic E-state index is 14.6. The van der Waals surface area contributed by atoms with Crippen LogP contribution in [0.15, 0.2) is 54.6 Å². The Morgan fingerprint density at radius 2 is 1.59 bits per heavy atom. The summed E-state index contributed by atoms with van der Waals surface area (Å²) in [6.07, 6.45) is -0.227. The third-order valence-corrected chi connectivity index (χ3v) is 9.72. The van der Waals surface area contributed by atoms with Gasteiger partial charge in [0, 0.05) is 56.7 Å². The number of nitrogens with one attached hydrogen (secondary N) is 5. The maximum atomic E-state index is 14.6. The summed E-state index contributed by atoms with van der Waals surface area (Å²) in [6, 6.07) is 12.1. The number of rotatable bonds is 15. The van der Waals surface area contributed by atoms with Crippen LogP contribution >= 0.6 is 0 Å². The average Bonchev–Trinajstić information content (AvgIpc) is 3.21. The van der Waals surface area contributed by atoms with Gasteiger partial charge in [-0.1, -0.05) is 29.8 Å². The van der Waals surface area contributed by atoms with Crippen molar-refractivity contribution < 1.29 is 38.2 Å². The summed E-state index contributed by atoms with van der Waals surface area (Å²) in [5.41, 5.74) is 15.4. The third-order valence-electron chi connectivity index (χ3n) is 9.72. The summed E-state index contributed by atoms with van der Waals surface area (Å²) in [4.78, 5) is 83.3. The monoisotopic (exact) mass is 811 g/mol. The summed E-state index contributed by atoms with van der Waals surface area (Å²) in [5, 5.41) is 22.3. The molecule has 1 heterocycles. The zero-order chi connectivity index (χ0) is 43.2. The Morgan fingerprint density at radius 3 is 2.22 bits per heavy atom. The molecule has 17 heteroatoms. The van der Waals surface area contributed by atoms with Crippen LogP contribution in [-0.4, -0.2) is 105 Å². The first kappa shape index (κ1) is 45.2. The van der Waals surface area contributed by atoms with Gasteiger partial charge in [0.1, 0.15) is 55.4 Å². The van der Waals surface area contributed by atoms with Gasteiger partial charge < -0.3 is 52.4 Å². The molecule has 0 spiro atoms. The molecule has 0 radical (unpaired) electrons. The molecule has 6 amide bonds. The molecule has 3 aromatic carbocycles. The lowest BCUT2D eigenvalue weighted by Crippen LogP contribution is -2.56. The van der Waals surface area contributed by atoms with Crippen LogP contribution in [-0.2, 0) is 30.4 Å². The first-order valence-electron chi connectivity index (χ1n) is 19.3. The summed E-state index contributed by atoms with van der Waals surface area (Å²) in [5.74, 6) is -2.97. The van der Waals surface area contributed by atoms with Crippen molar-refractivity contribution in [2.24, 2.45) is 11.5 Å². The first-order chi connectivity index (χ1) is 28.2. The van der Waals surface area contributed by atoms with Gasteiger partial charge in [0.05, 0.1) is 6.07 Å². The van der Waals surface area contributed by atoms with Gasteiger partial charge in [-0.05, 0) is 74.2 Å². The van der Waals surface area contributed by atoms with Crippen LogP contribution in [0.4, 0.5) is 0 Å². The number of carbonyl (C=O) groups is 6. The van der Waals surface area contributed by atoms with Gasteiger partial charge in [-0.3, -0.25) is 28.8 Å². The largest absolute Gasteiger partial charge is 0.492 e. The van der Waals surface area contributed by atoms with Crippen molar-refractivity contribution >= 4 is 35.4 Å². The van der Waals surface area contributed by atoms with E-state index in [0.717, 1.165) is 10.5 Å². The van der Waals surface area contributed by atoms with E-state index < -0.39 is 53.7 Å². The number of likely N-dealkylation sites (N-methyl/N-ethyl adjacent to an activating group) is 1. The number of aryl methyl sites for hydroxylation is 2. The van der Waals surface area contributed by atoms with Gasteiger partial charge in [0.25, 0.3) is 5.91 Å². The number of amides is 6. The number of ether oxygens (including phenoxy) is 2. The van der Waals surface area contributed by atoms with E-state index in [1.54, 1.807) is 55.5 Å². The molecule has 4 rings (SSSR count). The van der Waals surface area contributed by atoms with E-state index in [1.807, 2.05) is 19.1 Å². The highest BCUT2D eigenvalue weighted by atomic mass is 16.5. The number of fused-ring (bicyclic) bond motifs is 5. The summed E-state index contributed by atoms with van der Waals surface area (Å²) < 4.78 is 12.1. The Labute approximate surface area is 343 Å². The molecule has 0 fully saturated rings. The topological polar surface area (TPSA) is 260 Å². The number of benzene rings is 3. The predicted molar refractivity (Wildman–Crippen MR) is 219 cm³/mol. The van der Waals surface area contributed by atoms with E-state index in [2.05, 4.69) is 26.6 Å². The minimum absolute atomic E-state index is 0.00232. The number of hydrogen-bond acceptors (Lipinski definition) is 11. The minimum atomic E-state index is -1.42. The van der Waals surface area contributed by atoms with Crippen molar-refractivity contribution in [3.63, 3.8) is 0 Å². The van der Waals surface area contributed by atoms with Crippen LogP contribution in [0.5, 0.6) is 11.5 Å². The lowest BCUT2D eigenvalue weighted by Gasteiger charge is -2.32. The molecular formula is C42H53N9O8. The Bertz CT molecular complexity index is 2080. The molecule has 314 valence electrons. The Morgan fingerprint density at radius 1 is 0.932 bits per heavy atom. The minimum Gasteiger partial charge on any atom is -0.492 e. The number of carbonyl (C=O) groups excluding carboxylic acids is 6. The number of hydrogen-bond donors (Lipinski definition) is 7. The normalized spacial score (nSPS) is 16.8. The van der Waals surface area contributed by atoms with E-state index in [4.69, 9.17) is 26.2 Å². The van der Waals surface area contributed by atoms with Crippen LogP contribution in [0.25, 0.3) is 11.1 Å². The molecule has 1 aliphatic rings. The van der Waals surface area contributed by atoms with Gasteiger partial charge in [0.2, 0.25) is 29.5 Å². The van der Waals surface area contributed by atoms with Crippen LogP contribution in [0, 0.1) is 25.2 Å². The van der Waals surface area contributed by atoms with Gasteiger partial charge in [0.15, 0.2) is 0 Å². The number of nitrogens with two attached hydrogens (primary N) is 2. The lowest BCUT2D eigenvalue weighted by atomic mass is 9.93. The van der Waals surface area contributed by atoms with Crippen LogP contribution < -0.4 is 47.5 Å². The molecule has 0 saturated carbocycles. The highest BCUT2D eigenvalue weighted by Gasteiger charge is 2.36. The van der Waals surface area contributed by atoms with Crippen LogP contribution in [0.2, 0.25) is 0 Å². The molecule has 59 heavy (non-hydrogen) atoms. The van der Waals surface area contributed by atoms with E-state index in [9.17, 15) is 28.8 Å². The van der Waals surface area contributed by atoms with Gasteiger partial charge in [-0.15, -0.1) is 0 Å².